The second-order valence-corrected chi connectivity index (χ2v) is 10.5. The minimum Gasteiger partial charge on any atom is -0.207 e. The van der Waals surface area contributed by atoms with Crippen molar-refractivity contribution in [1.29, 1.82) is 0 Å². The van der Waals surface area contributed by atoms with Crippen LogP contribution >= 0.6 is 11.3 Å². The molecular weight excluding hydrogens is 387 g/mol. The summed E-state index contributed by atoms with van der Waals surface area (Å²) in [6.45, 7) is 9.47. The maximum atomic E-state index is 13.2. The minimum atomic E-state index is -0.181. The van der Waals surface area contributed by atoms with E-state index in [9.17, 15) is 4.39 Å². The molecule has 3 unspecified atom stereocenters. The largest absolute Gasteiger partial charge is 0.207 e. The standard InChI is InChI=1S/C28H33FS/c1-5-21-14-19(3)20(4)27(15-21)23-7-6-18(2)24(16-23)17-26-12-13-28(30-26)22-8-10-25(29)11-9-22/h6-13,16,19-21,27H,5,14-15,17H2,1-4H3/t19?,20-,21?,27?/m1/s1. The Morgan fingerprint density at radius 1 is 0.967 bits per heavy atom. The van der Waals surface area contributed by atoms with Crippen LogP contribution < -0.4 is 0 Å². The molecule has 4 atom stereocenters. The maximum absolute atomic E-state index is 13.2. The van der Waals surface area contributed by atoms with Crippen molar-refractivity contribution in [3.05, 3.63) is 82.0 Å². The van der Waals surface area contributed by atoms with E-state index in [0.717, 1.165) is 29.7 Å². The Morgan fingerprint density at radius 3 is 2.47 bits per heavy atom. The maximum Gasteiger partial charge on any atom is 0.123 e. The topological polar surface area (TPSA) is 0 Å². The van der Waals surface area contributed by atoms with Crippen molar-refractivity contribution in [2.75, 3.05) is 0 Å². The summed E-state index contributed by atoms with van der Waals surface area (Å²) >= 11 is 1.82. The van der Waals surface area contributed by atoms with Crippen LogP contribution in [-0.4, -0.2) is 0 Å². The molecule has 0 spiro atoms. The third-order valence-electron chi connectivity index (χ3n) is 7.36. The zero-order valence-corrected chi connectivity index (χ0v) is 19.4. The van der Waals surface area contributed by atoms with Crippen molar-refractivity contribution < 1.29 is 4.39 Å². The molecule has 1 fully saturated rings. The first kappa shape index (κ1) is 21.3. The minimum absolute atomic E-state index is 0.181. The van der Waals surface area contributed by atoms with Gasteiger partial charge in [-0.15, -0.1) is 11.3 Å². The SMILES string of the molecule is CCC1CC(C)[C@@H](C)C(c2ccc(C)c(Cc3ccc(-c4ccc(F)cc4)s3)c2)C1. The molecule has 1 heterocycles. The number of thiophene rings is 1. The third-order valence-corrected chi connectivity index (χ3v) is 8.49. The van der Waals surface area contributed by atoms with E-state index in [1.54, 1.807) is 0 Å². The Labute approximate surface area is 185 Å². The monoisotopic (exact) mass is 420 g/mol. The van der Waals surface area contributed by atoms with Crippen LogP contribution in [0.2, 0.25) is 0 Å². The summed E-state index contributed by atoms with van der Waals surface area (Å²) in [6, 6.07) is 18.4. The van der Waals surface area contributed by atoms with Crippen LogP contribution in [0.5, 0.6) is 0 Å². The van der Waals surface area contributed by atoms with Crippen molar-refractivity contribution >= 4 is 11.3 Å². The van der Waals surface area contributed by atoms with E-state index in [0.29, 0.717) is 5.92 Å². The van der Waals surface area contributed by atoms with E-state index in [2.05, 4.69) is 58.0 Å². The van der Waals surface area contributed by atoms with Gasteiger partial charge in [0.1, 0.15) is 5.82 Å². The summed E-state index contributed by atoms with van der Waals surface area (Å²) < 4.78 is 13.2. The van der Waals surface area contributed by atoms with Gasteiger partial charge in [0.05, 0.1) is 0 Å². The van der Waals surface area contributed by atoms with Crippen LogP contribution in [0.1, 0.15) is 67.5 Å². The first-order valence-corrected chi connectivity index (χ1v) is 12.2. The van der Waals surface area contributed by atoms with Gasteiger partial charge < -0.3 is 0 Å². The van der Waals surface area contributed by atoms with Gasteiger partial charge in [0.2, 0.25) is 0 Å². The predicted molar refractivity (Wildman–Crippen MR) is 128 cm³/mol. The average Bonchev–Trinajstić information content (AvgIpc) is 3.20. The highest BCUT2D eigenvalue weighted by Crippen LogP contribution is 2.45. The molecule has 1 aromatic heterocycles. The summed E-state index contributed by atoms with van der Waals surface area (Å²) in [5, 5.41) is 0. The van der Waals surface area contributed by atoms with Crippen molar-refractivity contribution in [3.63, 3.8) is 0 Å². The van der Waals surface area contributed by atoms with E-state index in [-0.39, 0.29) is 5.82 Å². The van der Waals surface area contributed by atoms with E-state index >= 15 is 0 Å². The molecule has 1 aliphatic rings. The second-order valence-electron chi connectivity index (χ2n) is 9.32. The highest BCUT2D eigenvalue weighted by Gasteiger charge is 2.33. The molecule has 0 bridgehead atoms. The summed E-state index contributed by atoms with van der Waals surface area (Å²) in [5.41, 5.74) is 5.44. The van der Waals surface area contributed by atoms with E-state index in [4.69, 9.17) is 0 Å². The van der Waals surface area contributed by atoms with Gasteiger partial charge in [-0.25, -0.2) is 4.39 Å². The lowest BCUT2D eigenvalue weighted by atomic mass is 9.66. The molecule has 2 heteroatoms. The molecule has 0 aliphatic heterocycles. The summed E-state index contributed by atoms with van der Waals surface area (Å²) in [7, 11) is 0. The fourth-order valence-corrected chi connectivity index (χ4v) is 6.16. The lowest BCUT2D eigenvalue weighted by Gasteiger charge is -2.39. The van der Waals surface area contributed by atoms with Gasteiger partial charge in [-0.3, -0.25) is 0 Å². The molecule has 158 valence electrons. The molecule has 4 rings (SSSR count). The molecule has 1 saturated carbocycles. The summed E-state index contributed by atoms with van der Waals surface area (Å²) in [6.07, 6.45) is 4.99. The van der Waals surface area contributed by atoms with Crippen LogP contribution in [-0.2, 0) is 6.42 Å². The highest BCUT2D eigenvalue weighted by atomic mass is 32.1. The Kier molecular flexibility index (Phi) is 6.43. The van der Waals surface area contributed by atoms with E-state index < -0.39 is 0 Å². The molecule has 0 nitrogen and oxygen atoms in total. The average molecular weight is 421 g/mol. The van der Waals surface area contributed by atoms with Gasteiger partial charge in [-0.05, 0) is 90.0 Å². The van der Waals surface area contributed by atoms with Crippen LogP contribution in [0.25, 0.3) is 10.4 Å². The second kappa shape index (κ2) is 9.06. The first-order chi connectivity index (χ1) is 14.4. The fourth-order valence-electron chi connectivity index (χ4n) is 5.12. The number of rotatable bonds is 5. The first-order valence-electron chi connectivity index (χ1n) is 11.4. The normalized spacial score (nSPS) is 24.2. The van der Waals surface area contributed by atoms with Gasteiger partial charge in [0.15, 0.2) is 0 Å². The molecule has 30 heavy (non-hydrogen) atoms. The molecule has 1 aliphatic carbocycles. The molecule has 0 amide bonds. The highest BCUT2D eigenvalue weighted by molar-refractivity contribution is 7.15. The number of hydrogen-bond acceptors (Lipinski definition) is 1. The van der Waals surface area contributed by atoms with Crippen molar-refractivity contribution in [2.45, 2.75) is 59.3 Å². The summed E-state index contributed by atoms with van der Waals surface area (Å²) in [4.78, 5) is 2.57. The van der Waals surface area contributed by atoms with Crippen LogP contribution in [0.15, 0.2) is 54.6 Å². The summed E-state index contributed by atoms with van der Waals surface area (Å²) in [5.74, 6) is 2.90. The van der Waals surface area contributed by atoms with Gasteiger partial charge in [-0.1, -0.05) is 57.5 Å². The van der Waals surface area contributed by atoms with E-state index in [1.807, 2.05) is 23.5 Å². The Hall–Kier alpha value is -1.93. The lowest BCUT2D eigenvalue weighted by molar-refractivity contribution is 0.173. The van der Waals surface area contributed by atoms with Gasteiger partial charge in [-0.2, -0.15) is 0 Å². The number of benzene rings is 2. The quantitative estimate of drug-likeness (QED) is 0.387. The Morgan fingerprint density at radius 2 is 1.73 bits per heavy atom. The Balaban J connectivity index is 1.56. The molecule has 0 saturated heterocycles. The number of hydrogen-bond donors (Lipinski definition) is 0. The van der Waals surface area contributed by atoms with Crippen LogP contribution in [0.4, 0.5) is 4.39 Å². The lowest BCUT2D eigenvalue weighted by Crippen LogP contribution is -2.28. The zero-order chi connectivity index (χ0) is 21.3. The van der Waals surface area contributed by atoms with Gasteiger partial charge >= 0.3 is 0 Å². The number of aryl methyl sites for hydroxylation is 1. The van der Waals surface area contributed by atoms with E-state index in [1.165, 1.54) is 57.8 Å². The molecule has 0 N–H and O–H groups in total. The van der Waals surface area contributed by atoms with Gasteiger partial charge in [0.25, 0.3) is 0 Å². The molecule has 3 aromatic rings. The third kappa shape index (κ3) is 4.54. The van der Waals surface area contributed by atoms with Gasteiger partial charge in [0, 0.05) is 16.2 Å². The van der Waals surface area contributed by atoms with Crippen LogP contribution in [0.3, 0.4) is 0 Å². The number of halogens is 1. The smallest absolute Gasteiger partial charge is 0.123 e. The predicted octanol–water partition coefficient (Wildman–Crippen LogP) is 8.63. The molecule has 0 radical (unpaired) electrons. The fraction of sp³-hybridized carbons (Fsp3) is 0.429. The molecular formula is C28H33FS. The van der Waals surface area contributed by atoms with Crippen molar-refractivity contribution in [3.8, 4) is 10.4 Å². The molecule has 2 aromatic carbocycles. The Bertz CT molecular complexity index is 984. The van der Waals surface area contributed by atoms with Crippen LogP contribution in [0, 0.1) is 30.5 Å². The zero-order valence-electron chi connectivity index (χ0n) is 18.6. The van der Waals surface area contributed by atoms with Crippen molar-refractivity contribution in [1.82, 2.24) is 0 Å². The van der Waals surface area contributed by atoms with Crippen molar-refractivity contribution in [2.24, 2.45) is 17.8 Å².